The summed E-state index contributed by atoms with van der Waals surface area (Å²) >= 11 is 0. The predicted octanol–water partition coefficient (Wildman–Crippen LogP) is 2.55. The minimum absolute atomic E-state index is 0.186. The van der Waals surface area contributed by atoms with E-state index >= 15 is 0 Å². The molecular weight excluding hydrogens is 346 g/mol. The van der Waals surface area contributed by atoms with Gasteiger partial charge >= 0.3 is 0 Å². The van der Waals surface area contributed by atoms with E-state index in [0.29, 0.717) is 29.3 Å². The second-order valence-corrected chi connectivity index (χ2v) is 7.06. The van der Waals surface area contributed by atoms with E-state index in [1.165, 1.54) is 0 Å². The van der Waals surface area contributed by atoms with Crippen molar-refractivity contribution < 1.29 is 14.4 Å². The summed E-state index contributed by atoms with van der Waals surface area (Å²) in [6.07, 6.45) is 1.42. The third kappa shape index (κ3) is 2.76. The minimum Gasteiger partial charge on any atom is -0.508 e. The molecule has 2 aliphatic heterocycles. The lowest BCUT2D eigenvalue weighted by atomic mass is 10.1. The molecule has 0 aliphatic carbocycles. The Labute approximate surface area is 156 Å². The summed E-state index contributed by atoms with van der Waals surface area (Å²) in [6.45, 7) is 5.48. The molecular formula is C19H21N5O3. The van der Waals surface area contributed by atoms with Crippen LogP contribution in [0.2, 0.25) is 0 Å². The topological polar surface area (TPSA) is 89.4 Å². The van der Waals surface area contributed by atoms with Crippen molar-refractivity contribution in [2.45, 2.75) is 26.0 Å². The van der Waals surface area contributed by atoms with Gasteiger partial charge in [0.05, 0.1) is 6.10 Å². The van der Waals surface area contributed by atoms with Crippen molar-refractivity contribution in [3.05, 3.63) is 30.3 Å². The number of phenols is 1. The Morgan fingerprint density at radius 1 is 1.22 bits per heavy atom. The fourth-order valence-electron chi connectivity index (χ4n) is 4.03. The molecule has 2 fully saturated rings. The molecule has 2 aliphatic rings. The Hall–Kier alpha value is -2.87. The van der Waals surface area contributed by atoms with E-state index in [1.807, 2.05) is 12.1 Å². The summed E-state index contributed by atoms with van der Waals surface area (Å²) in [7, 11) is 0. The van der Waals surface area contributed by atoms with E-state index < -0.39 is 0 Å². The normalized spacial score (nSPS) is 21.7. The van der Waals surface area contributed by atoms with Crippen molar-refractivity contribution in [3.8, 4) is 28.6 Å². The number of rotatable bonds is 4. The molecule has 8 heteroatoms. The Balaban J connectivity index is 1.45. The highest BCUT2D eigenvalue weighted by Crippen LogP contribution is 2.33. The van der Waals surface area contributed by atoms with E-state index in [1.54, 1.807) is 18.2 Å². The SMILES string of the molecule is CCn1c(-c2cc(-c3cccc(O)c3)on2)nnc1N1C[C@@H]2CCO[C@@H]2C1. The molecule has 27 heavy (non-hydrogen) atoms. The molecule has 2 aromatic heterocycles. The number of benzene rings is 1. The van der Waals surface area contributed by atoms with Gasteiger partial charge in [-0.25, -0.2) is 0 Å². The highest BCUT2D eigenvalue weighted by Gasteiger charge is 2.39. The smallest absolute Gasteiger partial charge is 0.227 e. The van der Waals surface area contributed by atoms with Gasteiger partial charge in [-0.05, 0) is 25.5 Å². The molecule has 5 rings (SSSR count). The third-order valence-corrected chi connectivity index (χ3v) is 5.40. The third-order valence-electron chi connectivity index (χ3n) is 5.40. The fraction of sp³-hybridized carbons (Fsp3) is 0.421. The van der Waals surface area contributed by atoms with Gasteiger partial charge in [0, 0.05) is 43.8 Å². The van der Waals surface area contributed by atoms with Crippen molar-refractivity contribution in [2.75, 3.05) is 24.6 Å². The van der Waals surface area contributed by atoms with Gasteiger partial charge in [0.25, 0.3) is 0 Å². The summed E-state index contributed by atoms with van der Waals surface area (Å²) < 4.78 is 13.3. The van der Waals surface area contributed by atoms with Gasteiger partial charge in [-0.2, -0.15) is 0 Å². The highest BCUT2D eigenvalue weighted by atomic mass is 16.5. The molecule has 8 nitrogen and oxygen atoms in total. The maximum absolute atomic E-state index is 9.67. The average molecular weight is 367 g/mol. The summed E-state index contributed by atoms with van der Waals surface area (Å²) in [5.74, 6) is 2.89. The Bertz CT molecular complexity index is 954. The first-order chi connectivity index (χ1) is 13.2. The van der Waals surface area contributed by atoms with Crippen LogP contribution in [0.1, 0.15) is 13.3 Å². The Kier molecular flexibility index (Phi) is 3.86. The van der Waals surface area contributed by atoms with E-state index in [0.717, 1.165) is 44.2 Å². The molecule has 4 heterocycles. The van der Waals surface area contributed by atoms with E-state index in [2.05, 4.69) is 31.7 Å². The molecule has 2 saturated heterocycles. The van der Waals surface area contributed by atoms with Gasteiger partial charge in [-0.1, -0.05) is 17.3 Å². The number of phenolic OH excluding ortho intramolecular Hbond substituents is 1. The number of hydrogen-bond donors (Lipinski definition) is 1. The van der Waals surface area contributed by atoms with Crippen LogP contribution in [-0.2, 0) is 11.3 Å². The Morgan fingerprint density at radius 3 is 2.96 bits per heavy atom. The van der Waals surface area contributed by atoms with Gasteiger partial charge in [0.2, 0.25) is 5.95 Å². The first-order valence-electron chi connectivity index (χ1n) is 9.29. The van der Waals surface area contributed by atoms with Crippen molar-refractivity contribution in [3.63, 3.8) is 0 Å². The molecule has 1 N–H and O–H groups in total. The number of fused-ring (bicyclic) bond motifs is 1. The van der Waals surface area contributed by atoms with Crippen LogP contribution in [-0.4, -0.2) is 50.8 Å². The molecule has 2 atom stereocenters. The average Bonchev–Trinajstić information content (AvgIpc) is 3.42. The van der Waals surface area contributed by atoms with Gasteiger partial charge in [0.15, 0.2) is 17.3 Å². The predicted molar refractivity (Wildman–Crippen MR) is 98.4 cm³/mol. The summed E-state index contributed by atoms with van der Waals surface area (Å²) in [5, 5.41) is 22.7. The summed E-state index contributed by atoms with van der Waals surface area (Å²) in [4.78, 5) is 2.25. The first-order valence-corrected chi connectivity index (χ1v) is 9.29. The second-order valence-electron chi connectivity index (χ2n) is 7.06. The molecule has 0 saturated carbocycles. The molecule has 0 amide bonds. The van der Waals surface area contributed by atoms with Crippen LogP contribution in [0, 0.1) is 5.92 Å². The van der Waals surface area contributed by atoms with Gasteiger partial charge < -0.3 is 19.3 Å². The largest absolute Gasteiger partial charge is 0.508 e. The molecule has 0 unspecified atom stereocenters. The standard InChI is InChI=1S/C19H21N5O3/c1-2-24-18(15-9-16(27-22-15)12-4-3-5-14(25)8-12)20-21-19(24)23-10-13-6-7-26-17(13)11-23/h3-5,8-9,13,17,25H,2,6-7,10-11H2,1H3/t13-,17+/m0/s1. The zero-order valence-corrected chi connectivity index (χ0v) is 15.1. The number of nitrogens with zero attached hydrogens (tertiary/aromatic N) is 5. The van der Waals surface area contributed by atoms with Crippen LogP contribution >= 0.6 is 0 Å². The molecule has 0 radical (unpaired) electrons. The number of aromatic nitrogens is 4. The van der Waals surface area contributed by atoms with Crippen LogP contribution < -0.4 is 4.90 Å². The van der Waals surface area contributed by atoms with Crippen molar-refractivity contribution >= 4 is 5.95 Å². The van der Waals surface area contributed by atoms with E-state index in [-0.39, 0.29) is 5.75 Å². The van der Waals surface area contributed by atoms with Gasteiger partial charge in [-0.15, -0.1) is 10.2 Å². The van der Waals surface area contributed by atoms with Crippen molar-refractivity contribution in [1.82, 2.24) is 19.9 Å². The molecule has 1 aromatic carbocycles. The lowest BCUT2D eigenvalue weighted by Crippen LogP contribution is -2.26. The number of hydrogen-bond acceptors (Lipinski definition) is 7. The summed E-state index contributed by atoms with van der Waals surface area (Å²) in [6, 6.07) is 8.73. The highest BCUT2D eigenvalue weighted by molar-refractivity contribution is 5.65. The second kappa shape index (κ2) is 6.38. The zero-order chi connectivity index (χ0) is 18.4. The number of aromatic hydroxyl groups is 1. The van der Waals surface area contributed by atoms with Crippen molar-refractivity contribution in [1.29, 1.82) is 0 Å². The monoisotopic (exact) mass is 367 g/mol. The maximum atomic E-state index is 9.67. The van der Waals surface area contributed by atoms with Crippen LogP contribution in [0.25, 0.3) is 22.8 Å². The quantitative estimate of drug-likeness (QED) is 0.758. The van der Waals surface area contributed by atoms with Crippen LogP contribution in [0.15, 0.2) is 34.9 Å². The van der Waals surface area contributed by atoms with Crippen LogP contribution in [0.4, 0.5) is 5.95 Å². The first kappa shape index (κ1) is 16.3. The fourth-order valence-corrected chi connectivity index (χ4v) is 4.03. The Morgan fingerprint density at radius 2 is 2.15 bits per heavy atom. The summed E-state index contributed by atoms with van der Waals surface area (Å²) in [5.41, 5.74) is 1.39. The maximum Gasteiger partial charge on any atom is 0.227 e. The minimum atomic E-state index is 0.186. The molecule has 0 bridgehead atoms. The van der Waals surface area contributed by atoms with E-state index in [9.17, 15) is 5.11 Å². The molecule has 3 aromatic rings. The lowest BCUT2D eigenvalue weighted by Gasteiger charge is -2.18. The molecule has 140 valence electrons. The number of ether oxygens (including phenoxy) is 1. The molecule has 0 spiro atoms. The number of anilines is 1. The van der Waals surface area contributed by atoms with Crippen LogP contribution in [0.5, 0.6) is 5.75 Å². The zero-order valence-electron chi connectivity index (χ0n) is 15.1. The van der Waals surface area contributed by atoms with Gasteiger partial charge in [0.1, 0.15) is 5.75 Å². The van der Waals surface area contributed by atoms with Gasteiger partial charge in [-0.3, -0.25) is 4.57 Å². The van der Waals surface area contributed by atoms with Crippen molar-refractivity contribution in [2.24, 2.45) is 5.92 Å². The van der Waals surface area contributed by atoms with E-state index in [4.69, 9.17) is 9.26 Å². The van der Waals surface area contributed by atoms with Crippen LogP contribution in [0.3, 0.4) is 0 Å². The lowest BCUT2D eigenvalue weighted by molar-refractivity contribution is 0.114.